The number of hydrogen-bond acceptors (Lipinski definition) is 4. The number of aliphatic hydroxyl groups excluding tert-OH is 1. The molecule has 0 aliphatic carbocycles. The maximum absolute atomic E-state index is 10.6. The molecule has 0 rings (SSSR count). The molecule has 0 aromatic carbocycles. The topological polar surface area (TPSA) is 63.6 Å². The third kappa shape index (κ3) is 9.75. The molecule has 0 saturated heterocycles. The molecular weight excluding hydrogens is 194 g/mol. The molecule has 0 spiro atoms. The van der Waals surface area contributed by atoms with E-state index in [1.54, 1.807) is 0 Å². The highest BCUT2D eigenvalue weighted by Crippen LogP contribution is 1.97. The summed E-state index contributed by atoms with van der Waals surface area (Å²) in [6.07, 6.45) is 0.209. The minimum absolute atomic E-state index is 0.172. The van der Waals surface area contributed by atoms with Crippen LogP contribution in [0.4, 0.5) is 0 Å². The first-order valence-electron chi connectivity index (χ1n) is 3.93. The van der Waals surface area contributed by atoms with Crippen molar-refractivity contribution in [3.8, 4) is 0 Å². The predicted molar refractivity (Wildman–Crippen MR) is 49.7 cm³/mol. The van der Waals surface area contributed by atoms with Gasteiger partial charge >= 0.3 is 0 Å². The Bertz CT molecular complexity index is 242. The zero-order valence-electron chi connectivity index (χ0n) is 8.52. The molecule has 0 heterocycles. The summed E-state index contributed by atoms with van der Waals surface area (Å²) in [5.74, 6) is 0. The van der Waals surface area contributed by atoms with Gasteiger partial charge in [-0.25, -0.2) is 0 Å². The van der Waals surface area contributed by atoms with Gasteiger partial charge in [0.2, 0.25) is 0 Å². The Balaban J connectivity index is 3.84. The molecule has 13 heavy (non-hydrogen) atoms. The van der Waals surface area contributed by atoms with Gasteiger partial charge in [0.25, 0.3) is 10.1 Å². The predicted octanol–water partition coefficient (Wildman–Crippen LogP) is -0.970. The lowest BCUT2D eigenvalue weighted by Crippen LogP contribution is -2.43. The van der Waals surface area contributed by atoms with E-state index in [-0.39, 0.29) is 6.61 Å². The van der Waals surface area contributed by atoms with E-state index in [9.17, 15) is 13.5 Å². The van der Waals surface area contributed by atoms with Crippen LogP contribution in [-0.2, 0) is 14.3 Å². The van der Waals surface area contributed by atoms with Crippen LogP contribution in [0.5, 0.6) is 0 Å². The van der Waals surface area contributed by atoms with E-state index in [2.05, 4.69) is 4.18 Å². The first-order chi connectivity index (χ1) is 5.60. The monoisotopic (exact) mass is 212 g/mol. The summed E-state index contributed by atoms with van der Waals surface area (Å²) >= 11 is 0. The van der Waals surface area contributed by atoms with E-state index in [0.29, 0.717) is 11.0 Å². The van der Waals surface area contributed by atoms with E-state index < -0.39 is 16.2 Å². The van der Waals surface area contributed by atoms with E-state index in [1.165, 1.54) is 0 Å². The van der Waals surface area contributed by atoms with Crippen molar-refractivity contribution in [3.63, 3.8) is 0 Å². The third-order valence-corrected chi connectivity index (χ3v) is 1.80. The molecule has 0 fully saturated rings. The quantitative estimate of drug-likeness (QED) is 0.470. The van der Waals surface area contributed by atoms with Crippen molar-refractivity contribution in [3.05, 3.63) is 0 Å². The Kier molecular flexibility index (Phi) is 4.31. The molecule has 0 saturated carbocycles. The SMILES string of the molecule is C[N+](C)(C)CC(O)COS(C)(=O)=O. The van der Waals surface area contributed by atoms with Crippen molar-refractivity contribution in [2.75, 3.05) is 40.6 Å². The molecule has 0 aromatic rings. The summed E-state index contributed by atoms with van der Waals surface area (Å²) in [7, 11) is 2.28. The Hall–Kier alpha value is -0.170. The average molecular weight is 212 g/mol. The van der Waals surface area contributed by atoms with E-state index >= 15 is 0 Å². The molecule has 0 aliphatic heterocycles. The lowest BCUT2D eigenvalue weighted by Gasteiger charge is -2.26. The van der Waals surface area contributed by atoms with Crippen LogP contribution in [0, 0.1) is 0 Å². The molecule has 0 bridgehead atoms. The molecule has 6 heteroatoms. The summed E-state index contributed by atoms with van der Waals surface area (Å²) in [6, 6.07) is 0. The fourth-order valence-corrected chi connectivity index (χ4v) is 1.29. The lowest BCUT2D eigenvalue weighted by atomic mass is 10.3. The van der Waals surface area contributed by atoms with Gasteiger partial charge in [-0.05, 0) is 0 Å². The van der Waals surface area contributed by atoms with Gasteiger partial charge in [-0.3, -0.25) is 4.18 Å². The summed E-state index contributed by atoms with van der Waals surface area (Å²) in [5.41, 5.74) is 0. The molecule has 0 radical (unpaired) electrons. The van der Waals surface area contributed by atoms with Crippen LogP contribution >= 0.6 is 0 Å². The van der Waals surface area contributed by atoms with Crippen molar-refractivity contribution >= 4 is 10.1 Å². The van der Waals surface area contributed by atoms with Gasteiger partial charge in [0.05, 0.1) is 34.0 Å². The van der Waals surface area contributed by atoms with Gasteiger partial charge in [0.1, 0.15) is 12.6 Å². The Labute approximate surface area is 79.6 Å². The molecule has 1 unspecified atom stereocenters. The normalized spacial score (nSPS) is 15.8. The number of hydrogen-bond donors (Lipinski definition) is 1. The van der Waals surface area contributed by atoms with E-state index in [4.69, 9.17) is 0 Å². The van der Waals surface area contributed by atoms with Crippen molar-refractivity contribution in [1.82, 2.24) is 0 Å². The fourth-order valence-electron chi connectivity index (χ4n) is 0.887. The summed E-state index contributed by atoms with van der Waals surface area (Å²) in [6.45, 7) is 0.282. The minimum Gasteiger partial charge on any atom is -0.385 e. The molecule has 0 aromatic heterocycles. The molecule has 0 amide bonds. The molecule has 1 atom stereocenters. The smallest absolute Gasteiger partial charge is 0.264 e. The third-order valence-electron chi connectivity index (χ3n) is 1.23. The molecule has 0 aliphatic rings. The first kappa shape index (κ1) is 12.8. The Morgan fingerprint density at radius 1 is 1.38 bits per heavy atom. The minimum atomic E-state index is -3.44. The first-order valence-corrected chi connectivity index (χ1v) is 5.75. The van der Waals surface area contributed by atoms with E-state index in [0.717, 1.165) is 6.26 Å². The fraction of sp³-hybridized carbons (Fsp3) is 1.00. The van der Waals surface area contributed by atoms with Crippen molar-refractivity contribution in [1.29, 1.82) is 0 Å². The summed E-state index contributed by atoms with van der Waals surface area (Å²) < 4.78 is 26.1. The van der Waals surface area contributed by atoms with Crippen LogP contribution in [0.15, 0.2) is 0 Å². The zero-order valence-corrected chi connectivity index (χ0v) is 9.34. The highest BCUT2D eigenvalue weighted by atomic mass is 32.2. The van der Waals surface area contributed by atoms with Gasteiger partial charge in [-0.2, -0.15) is 8.42 Å². The van der Waals surface area contributed by atoms with Crippen LogP contribution < -0.4 is 0 Å². The molecule has 1 N–H and O–H groups in total. The molecular formula is C7H18NO4S+. The van der Waals surface area contributed by atoms with Crippen LogP contribution in [-0.4, -0.2) is 64.7 Å². The lowest BCUT2D eigenvalue weighted by molar-refractivity contribution is -0.873. The van der Waals surface area contributed by atoms with Crippen molar-refractivity contribution < 1.29 is 22.2 Å². The largest absolute Gasteiger partial charge is 0.385 e. The second-order valence-electron chi connectivity index (χ2n) is 4.12. The highest BCUT2D eigenvalue weighted by Gasteiger charge is 2.17. The number of aliphatic hydroxyl groups is 1. The Morgan fingerprint density at radius 3 is 2.15 bits per heavy atom. The molecule has 80 valence electrons. The maximum Gasteiger partial charge on any atom is 0.264 e. The van der Waals surface area contributed by atoms with Crippen LogP contribution in [0.1, 0.15) is 0 Å². The number of likely N-dealkylation sites (N-methyl/N-ethyl adjacent to an activating group) is 1. The number of nitrogens with zero attached hydrogens (tertiary/aromatic N) is 1. The molecule has 5 nitrogen and oxygen atoms in total. The van der Waals surface area contributed by atoms with Gasteiger partial charge in [0.15, 0.2) is 0 Å². The number of rotatable bonds is 5. The summed E-state index contributed by atoms with van der Waals surface area (Å²) in [5, 5.41) is 9.34. The van der Waals surface area contributed by atoms with Crippen LogP contribution in [0.3, 0.4) is 0 Å². The van der Waals surface area contributed by atoms with E-state index in [1.807, 2.05) is 21.1 Å². The van der Waals surface area contributed by atoms with Crippen molar-refractivity contribution in [2.45, 2.75) is 6.10 Å². The second-order valence-corrected chi connectivity index (χ2v) is 5.76. The second kappa shape index (κ2) is 4.36. The van der Waals surface area contributed by atoms with Gasteiger partial charge < -0.3 is 9.59 Å². The summed E-state index contributed by atoms with van der Waals surface area (Å²) in [4.78, 5) is 0. The standard InChI is InChI=1S/C7H18NO4S/c1-8(2,3)5-7(9)6-12-13(4,10)11/h7,9H,5-6H2,1-4H3/q+1. The van der Waals surface area contributed by atoms with Crippen LogP contribution in [0.2, 0.25) is 0 Å². The van der Waals surface area contributed by atoms with Crippen LogP contribution in [0.25, 0.3) is 0 Å². The maximum atomic E-state index is 10.6. The number of quaternary nitrogens is 1. The average Bonchev–Trinajstić information content (AvgIpc) is 1.78. The Morgan fingerprint density at radius 2 is 1.85 bits per heavy atom. The highest BCUT2D eigenvalue weighted by molar-refractivity contribution is 7.85. The van der Waals surface area contributed by atoms with Gasteiger partial charge in [0, 0.05) is 0 Å². The van der Waals surface area contributed by atoms with Gasteiger partial charge in [-0.15, -0.1) is 0 Å². The van der Waals surface area contributed by atoms with Gasteiger partial charge in [-0.1, -0.05) is 0 Å². The zero-order chi connectivity index (χ0) is 10.7. The van der Waals surface area contributed by atoms with Crippen molar-refractivity contribution in [2.24, 2.45) is 0 Å².